The van der Waals surface area contributed by atoms with E-state index >= 15 is 0 Å². The van der Waals surface area contributed by atoms with Crippen LogP contribution in [0.3, 0.4) is 0 Å². The molecule has 0 bridgehead atoms. The normalized spacial score (nSPS) is 29.6. The molecule has 0 saturated carbocycles. The topological polar surface area (TPSA) is 42.0 Å². The van der Waals surface area contributed by atoms with E-state index in [2.05, 4.69) is 18.7 Å². The summed E-state index contributed by atoms with van der Waals surface area (Å²) in [7, 11) is 1.80. The summed E-state index contributed by atoms with van der Waals surface area (Å²) in [6.45, 7) is 13.8. The van der Waals surface area contributed by atoms with Crippen molar-refractivity contribution in [2.24, 2.45) is 0 Å². The van der Waals surface area contributed by atoms with E-state index in [9.17, 15) is 4.79 Å². The smallest absolute Gasteiger partial charge is 0.410 e. The van der Waals surface area contributed by atoms with Crippen LogP contribution in [-0.4, -0.2) is 65.9 Å². The Morgan fingerprint density at radius 1 is 1.05 bits per heavy atom. The lowest BCUT2D eigenvalue weighted by molar-refractivity contribution is -0.0622. The second kappa shape index (κ2) is 6.00. The average Bonchev–Trinajstić information content (AvgIpc) is 2.81. The van der Waals surface area contributed by atoms with Gasteiger partial charge in [0.15, 0.2) is 0 Å². The Morgan fingerprint density at radius 3 is 2.14 bits per heavy atom. The first-order chi connectivity index (χ1) is 10.1. The molecule has 0 N–H and O–H groups in total. The van der Waals surface area contributed by atoms with Crippen LogP contribution in [-0.2, 0) is 9.47 Å². The van der Waals surface area contributed by atoms with Crippen LogP contribution in [0.5, 0.6) is 0 Å². The number of likely N-dealkylation sites (tertiary alicyclic amines) is 2. The van der Waals surface area contributed by atoms with Gasteiger partial charge in [-0.05, 0) is 53.9 Å². The van der Waals surface area contributed by atoms with Crippen LogP contribution in [0, 0.1) is 0 Å². The van der Waals surface area contributed by atoms with Gasteiger partial charge in [0.2, 0.25) is 0 Å². The van der Waals surface area contributed by atoms with E-state index in [4.69, 9.17) is 9.47 Å². The van der Waals surface area contributed by atoms with Crippen molar-refractivity contribution in [3.63, 3.8) is 0 Å². The highest BCUT2D eigenvalue weighted by molar-refractivity contribution is 5.68. The molecule has 22 heavy (non-hydrogen) atoms. The number of amides is 1. The molecule has 2 aliphatic heterocycles. The molecule has 128 valence electrons. The number of carbonyl (C=O) groups excluding carboxylic acids is 1. The lowest BCUT2D eigenvalue weighted by atomic mass is 9.88. The Kier molecular flexibility index (Phi) is 4.79. The van der Waals surface area contributed by atoms with E-state index in [1.807, 2.05) is 25.7 Å². The highest BCUT2D eigenvalue weighted by atomic mass is 16.6. The van der Waals surface area contributed by atoms with Gasteiger partial charge in [-0.2, -0.15) is 0 Å². The minimum Gasteiger partial charge on any atom is -0.444 e. The van der Waals surface area contributed by atoms with Crippen molar-refractivity contribution in [3.8, 4) is 0 Å². The molecule has 2 rings (SSSR count). The maximum Gasteiger partial charge on any atom is 0.410 e. The summed E-state index contributed by atoms with van der Waals surface area (Å²) in [5.41, 5.74) is -0.357. The van der Waals surface area contributed by atoms with Crippen LogP contribution in [0.2, 0.25) is 0 Å². The zero-order valence-electron chi connectivity index (χ0n) is 15.1. The van der Waals surface area contributed by atoms with Gasteiger partial charge in [-0.25, -0.2) is 4.79 Å². The molecule has 2 saturated heterocycles. The van der Waals surface area contributed by atoms with Crippen molar-refractivity contribution in [1.29, 1.82) is 0 Å². The quantitative estimate of drug-likeness (QED) is 0.786. The molecule has 0 spiro atoms. The maximum atomic E-state index is 12.2. The first-order valence-corrected chi connectivity index (χ1v) is 8.35. The van der Waals surface area contributed by atoms with Crippen molar-refractivity contribution in [3.05, 3.63) is 0 Å². The SMILES string of the molecule is COC1(C)CCN(C2(C)CCN(C(=O)OC(C)(C)C)C2)CC1. The van der Waals surface area contributed by atoms with Crippen LogP contribution < -0.4 is 0 Å². The molecule has 2 heterocycles. The van der Waals surface area contributed by atoms with Gasteiger partial charge in [-0.1, -0.05) is 0 Å². The third-order valence-electron chi connectivity index (χ3n) is 5.18. The number of hydrogen-bond donors (Lipinski definition) is 0. The van der Waals surface area contributed by atoms with Gasteiger partial charge in [0.25, 0.3) is 0 Å². The molecule has 0 aromatic carbocycles. The highest BCUT2D eigenvalue weighted by Crippen LogP contribution is 2.34. The number of methoxy groups -OCH3 is 1. The summed E-state index contributed by atoms with van der Waals surface area (Å²) in [5.74, 6) is 0. The van der Waals surface area contributed by atoms with E-state index in [1.54, 1.807) is 7.11 Å². The lowest BCUT2D eigenvalue weighted by Gasteiger charge is -2.45. The van der Waals surface area contributed by atoms with Crippen LogP contribution >= 0.6 is 0 Å². The number of ether oxygens (including phenoxy) is 2. The van der Waals surface area contributed by atoms with E-state index < -0.39 is 5.60 Å². The molecule has 0 aromatic heterocycles. The van der Waals surface area contributed by atoms with Crippen LogP contribution in [0.15, 0.2) is 0 Å². The Bertz CT molecular complexity index is 411. The van der Waals surface area contributed by atoms with Crippen LogP contribution in [0.4, 0.5) is 4.79 Å². The molecule has 1 amide bonds. The van der Waals surface area contributed by atoms with E-state index in [-0.39, 0.29) is 17.2 Å². The first-order valence-electron chi connectivity index (χ1n) is 8.35. The Hall–Kier alpha value is -0.810. The molecule has 1 atom stereocenters. The first kappa shape index (κ1) is 17.5. The molecule has 1 unspecified atom stereocenters. The zero-order chi connectivity index (χ0) is 16.6. The van der Waals surface area contributed by atoms with Gasteiger partial charge in [0, 0.05) is 38.8 Å². The fraction of sp³-hybridized carbons (Fsp3) is 0.941. The number of nitrogens with zero attached hydrogens (tertiary/aromatic N) is 2. The molecule has 2 aliphatic rings. The van der Waals surface area contributed by atoms with Crippen molar-refractivity contribution in [2.75, 3.05) is 33.3 Å². The fourth-order valence-corrected chi connectivity index (χ4v) is 3.41. The van der Waals surface area contributed by atoms with Crippen molar-refractivity contribution in [1.82, 2.24) is 9.80 Å². The Morgan fingerprint density at radius 2 is 1.64 bits per heavy atom. The molecule has 5 heteroatoms. The number of piperidine rings is 1. The number of carbonyl (C=O) groups is 1. The number of rotatable bonds is 2. The maximum absolute atomic E-state index is 12.2. The summed E-state index contributed by atoms with van der Waals surface area (Å²) in [6.07, 6.45) is 2.92. The fourth-order valence-electron chi connectivity index (χ4n) is 3.41. The second-order valence-corrected chi connectivity index (χ2v) is 8.29. The highest BCUT2D eigenvalue weighted by Gasteiger charge is 2.44. The predicted molar refractivity (Wildman–Crippen MR) is 87.1 cm³/mol. The zero-order valence-corrected chi connectivity index (χ0v) is 15.1. The van der Waals surface area contributed by atoms with E-state index in [0.717, 1.165) is 45.4 Å². The van der Waals surface area contributed by atoms with Gasteiger partial charge in [0.05, 0.1) is 5.60 Å². The third kappa shape index (κ3) is 3.93. The monoisotopic (exact) mass is 312 g/mol. The molecule has 0 aliphatic carbocycles. The summed E-state index contributed by atoms with van der Waals surface area (Å²) < 4.78 is 11.1. The Balaban J connectivity index is 1.92. The molecular formula is C17H32N2O3. The molecule has 0 radical (unpaired) electrons. The lowest BCUT2D eigenvalue weighted by Crippen LogP contribution is -2.55. The summed E-state index contributed by atoms with van der Waals surface area (Å²) in [6, 6.07) is 0. The van der Waals surface area contributed by atoms with Gasteiger partial charge < -0.3 is 14.4 Å². The Labute approximate surface area is 134 Å². The minimum atomic E-state index is -0.429. The minimum absolute atomic E-state index is 0.0102. The average molecular weight is 312 g/mol. The predicted octanol–water partition coefficient (Wildman–Crippen LogP) is 2.89. The van der Waals surface area contributed by atoms with E-state index in [1.165, 1.54) is 0 Å². The van der Waals surface area contributed by atoms with Crippen LogP contribution in [0.1, 0.15) is 53.9 Å². The van der Waals surface area contributed by atoms with E-state index in [0.29, 0.717) is 0 Å². The standard InChI is InChI=1S/C17H32N2O3/c1-15(2,3)22-14(20)18-10-7-16(4,13-18)19-11-8-17(5,21-6)9-12-19/h7-13H2,1-6H3. The third-order valence-corrected chi connectivity index (χ3v) is 5.18. The van der Waals surface area contributed by atoms with Gasteiger partial charge in [-0.3, -0.25) is 4.90 Å². The molecule has 0 aromatic rings. The van der Waals surface area contributed by atoms with Gasteiger partial charge in [0.1, 0.15) is 5.60 Å². The van der Waals surface area contributed by atoms with Crippen molar-refractivity contribution < 1.29 is 14.3 Å². The molecular weight excluding hydrogens is 280 g/mol. The summed E-state index contributed by atoms with van der Waals surface area (Å²) in [5, 5.41) is 0. The summed E-state index contributed by atoms with van der Waals surface area (Å²) >= 11 is 0. The summed E-state index contributed by atoms with van der Waals surface area (Å²) in [4.78, 5) is 16.6. The molecule has 5 nitrogen and oxygen atoms in total. The van der Waals surface area contributed by atoms with Gasteiger partial charge >= 0.3 is 6.09 Å². The molecule has 2 fully saturated rings. The van der Waals surface area contributed by atoms with Crippen molar-refractivity contribution >= 4 is 6.09 Å². The van der Waals surface area contributed by atoms with Crippen LogP contribution in [0.25, 0.3) is 0 Å². The van der Waals surface area contributed by atoms with Gasteiger partial charge in [-0.15, -0.1) is 0 Å². The largest absolute Gasteiger partial charge is 0.444 e. The van der Waals surface area contributed by atoms with Crippen molar-refractivity contribution in [2.45, 2.75) is 70.6 Å². The number of hydrogen-bond acceptors (Lipinski definition) is 4. The second-order valence-electron chi connectivity index (χ2n) is 8.29.